The predicted molar refractivity (Wildman–Crippen MR) is 85.4 cm³/mol. The van der Waals surface area contributed by atoms with E-state index in [-0.39, 0.29) is 32.1 Å². The molecule has 0 N–H and O–H groups in total. The third-order valence-electron chi connectivity index (χ3n) is 3.64. The molecule has 0 unspecified atom stereocenters. The van der Waals surface area contributed by atoms with Gasteiger partial charge in [0.05, 0.1) is 12.4 Å². The van der Waals surface area contributed by atoms with Crippen LogP contribution in [0.3, 0.4) is 0 Å². The molecule has 1 aliphatic heterocycles. The van der Waals surface area contributed by atoms with Crippen LogP contribution in [0, 0.1) is 0 Å². The molecule has 0 saturated carbocycles. The first-order valence-corrected chi connectivity index (χ1v) is 9.06. The van der Waals surface area contributed by atoms with E-state index in [0.29, 0.717) is 13.1 Å². The average molecular weight is 342 g/mol. The molecule has 0 aromatic heterocycles. The van der Waals surface area contributed by atoms with E-state index in [1.165, 1.54) is 16.3 Å². The van der Waals surface area contributed by atoms with Crippen LogP contribution in [0.5, 0.6) is 0 Å². The molecule has 0 atom stereocenters. The van der Waals surface area contributed by atoms with Crippen molar-refractivity contribution in [3.05, 3.63) is 35.9 Å². The van der Waals surface area contributed by atoms with Gasteiger partial charge in [-0.3, -0.25) is 0 Å². The van der Waals surface area contributed by atoms with Crippen LogP contribution in [-0.4, -0.2) is 69.4 Å². The summed E-state index contributed by atoms with van der Waals surface area (Å²) in [5, 5.41) is 0. The second-order valence-corrected chi connectivity index (χ2v) is 7.32. The summed E-state index contributed by atoms with van der Waals surface area (Å²) in [7, 11) is -1.85. The highest BCUT2D eigenvalue weighted by Crippen LogP contribution is 2.10. The molecule has 0 spiro atoms. The molecule has 0 bridgehead atoms. The number of carbonyl (C=O) groups is 1. The van der Waals surface area contributed by atoms with Crippen molar-refractivity contribution in [2.45, 2.75) is 6.61 Å². The Balaban J connectivity index is 1.78. The summed E-state index contributed by atoms with van der Waals surface area (Å²) in [4.78, 5) is 13.5. The zero-order chi connectivity index (χ0) is 16.7. The molecule has 7 nitrogen and oxygen atoms in total. The Bertz CT molecular complexity index is 598. The lowest BCUT2D eigenvalue weighted by atomic mass is 10.2. The lowest BCUT2D eigenvalue weighted by Crippen LogP contribution is -2.51. The van der Waals surface area contributed by atoms with Crippen molar-refractivity contribution in [2.24, 2.45) is 0 Å². The van der Waals surface area contributed by atoms with Crippen molar-refractivity contribution in [3.63, 3.8) is 0 Å². The summed E-state index contributed by atoms with van der Waals surface area (Å²) in [5.74, 6) is -0.0397. The SMILES string of the molecule is COCCS(=O)(=O)N1CCN(C(=O)OCc2ccccc2)CC1. The second kappa shape index (κ2) is 8.28. The van der Waals surface area contributed by atoms with Gasteiger partial charge in [-0.1, -0.05) is 30.3 Å². The molecule has 128 valence electrons. The fourth-order valence-electron chi connectivity index (χ4n) is 2.28. The highest BCUT2D eigenvalue weighted by molar-refractivity contribution is 7.89. The van der Waals surface area contributed by atoms with E-state index in [2.05, 4.69) is 0 Å². The van der Waals surface area contributed by atoms with E-state index in [1.54, 1.807) is 0 Å². The van der Waals surface area contributed by atoms with Crippen molar-refractivity contribution in [1.82, 2.24) is 9.21 Å². The fourth-order valence-corrected chi connectivity index (χ4v) is 3.63. The van der Waals surface area contributed by atoms with Crippen LogP contribution in [0.15, 0.2) is 30.3 Å². The van der Waals surface area contributed by atoms with Gasteiger partial charge in [0.25, 0.3) is 0 Å². The summed E-state index contributed by atoms with van der Waals surface area (Å²) >= 11 is 0. The Morgan fingerprint density at radius 1 is 1.13 bits per heavy atom. The number of hydrogen-bond donors (Lipinski definition) is 0. The molecule has 1 fully saturated rings. The van der Waals surface area contributed by atoms with Gasteiger partial charge in [0.1, 0.15) is 6.61 Å². The molecule has 1 aliphatic rings. The smallest absolute Gasteiger partial charge is 0.410 e. The van der Waals surface area contributed by atoms with Crippen LogP contribution in [-0.2, 0) is 26.1 Å². The van der Waals surface area contributed by atoms with E-state index < -0.39 is 16.1 Å². The van der Waals surface area contributed by atoms with Crippen molar-refractivity contribution in [1.29, 1.82) is 0 Å². The highest BCUT2D eigenvalue weighted by atomic mass is 32.2. The van der Waals surface area contributed by atoms with E-state index >= 15 is 0 Å². The van der Waals surface area contributed by atoms with Crippen molar-refractivity contribution in [3.8, 4) is 0 Å². The standard InChI is InChI=1S/C15H22N2O5S/c1-21-11-12-23(19,20)17-9-7-16(8-10-17)15(18)22-13-14-5-3-2-4-6-14/h2-6H,7-13H2,1H3. The number of methoxy groups -OCH3 is 1. The fraction of sp³-hybridized carbons (Fsp3) is 0.533. The van der Waals surface area contributed by atoms with Crippen LogP contribution in [0.1, 0.15) is 5.56 Å². The summed E-state index contributed by atoms with van der Waals surface area (Å²) in [6, 6.07) is 9.43. The van der Waals surface area contributed by atoms with Gasteiger partial charge in [-0.05, 0) is 5.56 Å². The van der Waals surface area contributed by atoms with Crippen molar-refractivity contribution in [2.75, 3.05) is 45.6 Å². The average Bonchev–Trinajstić information content (AvgIpc) is 2.59. The maximum absolute atomic E-state index is 12.0. The summed E-state index contributed by atoms with van der Waals surface area (Å²) in [6.45, 7) is 1.62. The largest absolute Gasteiger partial charge is 0.445 e. The lowest BCUT2D eigenvalue weighted by molar-refractivity contribution is 0.0837. The molecule has 1 aromatic carbocycles. The topological polar surface area (TPSA) is 76.2 Å². The van der Waals surface area contributed by atoms with E-state index in [4.69, 9.17) is 9.47 Å². The van der Waals surface area contributed by atoms with Gasteiger partial charge >= 0.3 is 6.09 Å². The number of carbonyl (C=O) groups excluding carboxylic acids is 1. The van der Waals surface area contributed by atoms with Gasteiger partial charge in [-0.2, -0.15) is 4.31 Å². The summed E-state index contributed by atoms with van der Waals surface area (Å²) in [5.41, 5.74) is 0.918. The Kier molecular flexibility index (Phi) is 6.37. The van der Waals surface area contributed by atoms with Gasteiger partial charge in [0.2, 0.25) is 10.0 Å². The minimum absolute atomic E-state index is 0.0397. The molecule has 1 amide bonds. The molecular weight excluding hydrogens is 320 g/mol. The first-order chi connectivity index (χ1) is 11.0. The molecule has 1 saturated heterocycles. The number of benzene rings is 1. The minimum atomic E-state index is -3.32. The van der Waals surface area contributed by atoms with Crippen LogP contribution in [0.2, 0.25) is 0 Å². The number of hydrogen-bond acceptors (Lipinski definition) is 5. The first kappa shape index (κ1) is 17.7. The molecule has 0 aliphatic carbocycles. The van der Waals surface area contributed by atoms with Crippen LogP contribution < -0.4 is 0 Å². The highest BCUT2D eigenvalue weighted by Gasteiger charge is 2.29. The Hall–Kier alpha value is -1.64. The molecule has 8 heteroatoms. The number of sulfonamides is 1. The molecule has 2 rings (SSSR count). The monoisotopic (exact) mass is 342 g/mol. The molecule has 23 heavy (non-hydrogen) atoms. The van der Waals surface area contributed by atoms with Gasteiger partial charge in [-0.15, -0.1) is 0 Å². The van der Waals surface area contributed by atoms with E-state index in [9.17, 15) is 13.2 Å². The molecular formula is C15H22N2O5S. The van der Waals surface area contributed by atoms with Gasteiger partial charge < -0.3 is 14.4 Å². The normalized spacial score (nSPS) is 16.3. The third-order valence-corrected chi connectivity index (χ3v) is 5.48. The predicted octanol–water partition coefficient (Wildman–Crippen LogP) is 0.917. The van der Waals surface area contributed by atoms with E-state index in [1.807, 2.05) is 30.3 Å². The Labute approximate surface area is 136 Å². The Morgan fingerprint density at radius 3 is 2.39 bits per heavy atom. The van der Waals surface area contributed by atoms with E-state index in [0.717, 1.165) is 5.56 Å². The summed E-state index contributed by atoms with van der Waals surface area (Å²) < 4.78 is 35.5. The quantitative estimate of drug-likeness (QED) is 0.768. The number of piperazine rings is 1. The Morgan fingerprint density at radius 2 is 1.78 bits per heavy atom. The van der Waals surface area contributed by atoms with Crippen LogP contribution in [0.25, 0.3) is 0 Å². The van der Waals surface area contributed by atoms with Crippen LogP contribution in [0.4, 0.5) is 4.79 Å². The third kappa shape index (κ3) is 5.19. The maximum atomic E-state index is 12.0. The zero-order valence-corrected chi connectivity index (χ0v) is 14.0. The number of amides is 1. The first-order valence-electron chi connectivity index (χ1n) is 7.45. The lowest BCUT2D eigenvalue weighted by Gasteiger charge is -2.33. The summed E-state index contributed by atoms with van der Waals surface area (Å²) in [6.07, 6.45) is -0.414. The minimum Gasteiger partial charge on any atom is -0.445 e. The molecule has 1 heterocycles. The van der Waals surface area contributed by atoms with Crippen molar-refractivity contribution < 1.29 is 22.7 Å². The maximum Gasteiger partial charge on any atom is 0.410 e. The van der Waals surface area contributed by atoms with Gasteiger partial charge in [0.15, 0.2) is 0 Å². The number of rotatable bonds is 6. The zero-order valence-electron chi connectivity index (χ0n) is 13.2. The molecule has 0 radical (unpaired) electrons. The van der Waals surface area contributed by atoms with Gasteiger partial charge in [0, 0.05) is 33.3 Å². The van der Waals surface area contributed by atoms with Crippen molar-refractivity contribution >= 4 is 16.1 Å². The molecule has 1 aromatic rings. The number of ether oxygens (including phenoxy) is 2. The van der Waals surface area contributed by atoms with Gasteiger partial charge in [-0.25, -0.2) is 13.2 Å². The number of nitrogens with zero attached hydrogens (tertiary/aromatic N) is 2. The van der Waals surface area contributed by atoms with Crippen LogP contribution >= 0.6 is 0 Å². The second-order valence-electron chi connectivity index (χ2n) is 5.24.